The fourth-order valence-electron chi connectivity index (χ4n) is 1.51. The molecule has 2 aromatic rings. The Bertz CT molecular complexity index is 495. The summed E-state index contributed by atoms with van der Waals surface area (Å²) in [5.74, 6) is 0. The Labute approximate surface area is 96.5 Å². The first kappa shape index (κ1) is 10.6. The molecule has 0 saturated heterocycles. The standard InChI is InChI=1S/C15H15N/c1-12-7-9-15(10-8-12)16-11-14-6-4-3-5-13(14)2/h3-11H,1-2H3/b16-11+. The van der Waals surface area contributed by atoms with Crippen LogP contribution in [0.4, 0.5) is 5.69 Å². The van der Waals surface area contributed by atoms with Gasteiger partial charge in [-0.2, -0.15) is 0 Å². The van der Waals surface area contributed by atoms with Crippen molar-refractivity contribution in [1.82, 2.24) is 0 Å². The van der Waals surface area contributed by atoms with Gasteiger partial charge in [-0.15, -0.1) is 0 Å². The van der Waals surface area contributed by atoms with Crippen molar-refractivity contribution >= 4 is 11.9 Å². The van der Waals surface area contributed by atoms with Gasteiger partial charge >= 0.3 is 0 Å². The Hall–Kier alpha value is -1.89. The minimum absolute atomic E-state index is 0.994. The fourth-order valence-corrected chi connectivity index (χ4v) is 1.51. The third-order valence-electron chi connectivity index (χ3n) is 2.58. The maximum Gasteiger partial charge on any atom is 0.0630 e. The summed E-state index contributed by atoms with van der Waals surface area (Å²) in [5, 5.41) is 0. The van der Waals surface area contributed by atoms with E-state index in [1.807, 2.05) is 30.5 Å². The first-order chi connectivity index (χ1) is 7.75. The lowest BCUT2D eigenvalue weighted by Crippen LogP contribution is -1.84. The van der Waals surface area contributed by atoms with Crippen LogP contribution < -0.4 is 0 Å². The van der Waals surface area contributed by atoms with Crippen molar-refractivity contribution in [3.8, 4) is 0 Å². The maximum absolute atomic E-state index is 4.45. The van der Waals surface area contributed by atoms with Crippen LogP contribution in [0.1, 0.15) is 16.7 Å². The van der Waals surface area contributed by atoms with Gasteiger partial charge in [0, 0.05) is 6.21 Å². The van der Waals surface area contributed by atoms with Crippen molar-refractivity contribution in [3.63, 3.8) is 0 Å². The van der Waals surface area contributed by atoms with Crippen LogP contribution in [0.3, 0.4) is 0 Å². The third kappa shape index (κ3) is 2.57. The zero-order valence-electron chi connectivity index (χ0n) is 9.64. The van der Waals surface area contributed by atoms with Crippen molar-refractivity contribution in [2.24, 2.45) is 4.99 Å². The van der Waals surface area contributed by atoms with Crippen LogP contribution in [-0.2, 0) is 0 Å². The number of rotatable bonds is 2. The van der Waals surface area contributed by atoms with Gasteiger partial charge in [-0.1, -0.05) is 42.0 Å². The Morgan fingerprint density at radius 3 is 2.25 bits per heavy atom. The highest BCUT2D eigenvalue weighted by atomic mass is 14.7. The summed E-state index contributed by atoms with van der Waals surface area (Å²) >= 11 is 0. The molecule has 0 aromatic heterocycles. The van der Waals surface area contributed by atoms with E-state index >= 15 is 0 Å². The van der Waals surface area contributed by atoms with E-state index in [-0.39, 0.29) is 0 Å². The van der Waals surface area contributed by atoms with E-state index in [0.717, 1.165) is 5.69 Å². The van der Waals surface area contributed by atoms with Gasteiger partial charge < -0.3 is 0 Å². The highest BCUT2D eigenvalue weighted by Gasteiger charge is 1.92. The van der Waals surface area contributed by atoms with Gasteiger partial charge in [-0.3, -0.25) is 4.99 Å². The average molecular weight is 209 g/mol. The maximum atomic E-state index is 4.45. The van der Waals surface area contributed by atoms with Crippen molar-refractivity contribution in [2.75, 3.05) is 0 Å². The van der Waals surface area contributed by atoms with Crippen LogP contribution in [0.5, 0.6) is 0 Å². The minimum atomic E-state index is 0.994. The van der Waals surface area contributed by atoms with Crippen LogP contribution in [0.15, 0.2) is 53.5 Å². The molecule has 0 atom stereocenters. The van der Waals surface area contributed by atoms with E-state index in [0.29, 0.717) is 0 Å². The summed E-state index contributed by atoms with van der Waals surface area (Å²) in [6.07, 6.45) is 1.92. The van der Waals surface area contributed by atoms with Crippen LogP contribution in [0.25, 0.3) is 0 Å². The molecule has 0 spiro atoms. The van der Waals surface area contributed by atoms with Gasteiger partial charge in [0.25, 0.3) is 0 Å². The van der Waals surface area contributed by atoms with Gasteiger partial charge in [-0.25, -0.2) is 0 Å². The molecule has 0 fully saturated rings. The second kappa shape index (κ2) is 4.75. The van der Waals surface area contributed by atoms with Crippen molar-refractivity contribution in [1.29, 1.82) is 0 Å². The molecule has 80 valence electrons. The van der Waals surface area contributed by atoms with Crippen molar-refractivity contribution < 1.29 is 0 Å². The molecule has 0 aliphatic heterocycles. The lowest BCUT2D eigenvalue weighted by Gasteiger charge is -1.98. The summed E-state index contributed by atoms with van der Waals surface area (Å²) in [5.41, 5.74) is 4.67. The number of hydrogen-bond donors (Lipinski definition) is 0. The number of hydrogen-bond acceptors (Lipinski definition) is 1. The quantitative estimate of drug-likeness (QED) is 0.661. The lowest BCUT2D eigenvalue weighted by atomic mass is 10.1. The molecule has 0 N–H and O–H groups in total. The highest BCUT2D eigenvalue weighted by Crippen LogP contribution is 2.13. The summed E-state index contributed by atoms with van der Waals surface area (Å²) < 4.78 is 0. The number of aryl methyl sites for hydroxylation is 2. The molecule has 2 aromatic carbocycles. The first-order valence-corrected chi connectivity index (χ1v) is 5.42. The smallest absolute Gasteiger partial charge is 0.0630 e. The van der Waals surface area contributed by atoms with E-state index in [9.17, 15) is 0 Å². The summed E-state index contributed by atoms with van der Waals surface area (Å²) in [4.78, 5) is 4.45. The first-order valence-electron chi connectivity index (χ1n) is 5.42. The second-order valence-corrected chi connectivity index (χ2v) is 3.95. The van der Waals surface area contributed by atoms with E-state index in [4.69, 9.17) is 0 Å². The monoisotopic (exact) mass is 209 g/mol. The second-order valence-electron chi connectivity index (χ2n) is 3.95. The van der Waals surface area contributed by atoms with E-state index in [1.54, 1.807) is 0 Å². The SMILES string of the molecule is Cc1ccc(/N=C/c2ccccc2C)cc1. The molecule has 0 amide bonds. The summed E-state index contributed by atoms with van der Waals surface area (Å²) in [6, 6.07) is 16.5. The van der Waals surface area contributed by atoms with E-state index in [2.05, 4.69) is 43.1 Å². The Morgan fingerprint density at radius 2 is 1.56 bits per heavy atom. The molecule has 16 heavy (non-hydrogen) atoms. The number of benzene rings is 2. The molecule has 1 heteroatoms. The minimum Gasteiger partial charge on any atom is -0.256 e. The summed E-state index contributed by atoms with van der Waals surface area (Å²) in [6.45, 7) is 4.17. The zero-order chi connectivity index (χ0) is 11.4. The van der Waals surface area contributed by atoms with E-state index in [1.165, 1.54) is 16.7 Å². The molecule has 0 heterocycles. The molecular weight excluding hydrogens is 194 g/mol. The summed E-state index contributed by atoms with van der Waals surface area (Å²) in [7, 11) is 0. The molecule has 0 aliphatic rings. The average Bonchev–Trinajstić information content (AvgIpc) is 2.30. The van der Waals surface area contributed by atoms with Gasteiger partial charge in [0.15, 0.2) is 0 Å². The Morgan fingerprint density at radius 1 is 0.875 bits per heavy atom. The van der Waals surface area contributed by atoms with Gasteiger partial charge in [0.1, 0.15) is 0 Å². The van der Waals surface area contributed by atoms with Crippen LogP contribution >= 0.6 is 0 Å². The molecule has 1 nitrogen and oxygen atoms in total. The zero-order valence-corrected chi connectivity index (χ0v) is 9.64. The molecular formula is C15H15N. The topological polar surface area (TPSA) is 12.4 Å². The van der Waals surface area contributed by atoms with Gasteiger partial charge in [0.05, 0.1) is 5.69 Å². The van der Waals surface area contributed by atoms with Gasteiger partial charge in [0.2, 0.25) is 0 Å². The predicted molar refractivity (Wildman–Crippen MR) is 69.6 cm³/mol. The molecule has 0 bridgehead atoms. The highest BCUT2D eigenvalue weighted by molar-refractivity contribution is 5.83. The van der Waals surface area contributed by atoms with Gasteiger partial charge in [-0.05, 0) is 37.1 Å². The molecule has 0 saturated carbocycles. The van der Waals surface area contributed by atoms with Crippen molar-refractivity contribution in [2.45, 2.75) is 13.8 Å². The van der Waals surface area contributed by atoms with Crippen LogP contribution in [-0.4, -0.2) is 6.21 Å². The molecule has 0 unspecified atom stereocenters. The normalized spacial score (nSPS) is 10.9. The lowest BCUT2D eigenvalue weighted by molar-refractivity contribution is 1.42. The Balaban J connectivity index is 2.21. The predicted octanol–water partition coefficient (Wildman–Crippen LogP) is 4.05. The molecule has 0 radical (unpaired) electrons. The number of aliphatic imine (C=N–C) groups is 1. The fraction of sp³-hybridized carbons (Fsp3) is 0.133. The number of nitrogens with zero attached hydrogens (tertiary/aromatic N) is 1. The van der Waals surface area contributed by atoms with Crippen LogP contribution in [0.2, 0.25) is 0 Å². The van der Waals surface area contributed by atoms with E-state index < -0.39 is 0 Å². The third-order valence-corrected chi connectivity index (χ3v) is 2.58. The molecule has 0 aliphatic carbocycles. The molecule has 2 rings (SSSR count). The largest absolute Gasteiger partial charge is 0.256 e. The van der Waals surface area contributed by atoms with Crippen LogP contribution in [0, 0.1) is 13.8 Å². The Kier molecular flexibility index (Phi) is 3.16. The van der Waals surface area contributed by atoms with Crippen molar-refractivity contribution in [3.05, 3.63) is 65.2 Å².